The zero-order chi connectivity index (χ0) is 12.0. The molecule has 0 radical (unpaired) electrons. The molecule has 0 bridgehead atoms. The summed E-state index contributed by atoms with van der Waals surface area (Å²) in [5.74, 6) is 0.932. The highest BCUT2D eigenvalue weighted by Gasteiger charge is 2.08. The van der Waals surface area contributed by atoms with Crippen molar-refractivity contribution in [1.82, 2.24) is 0 Å². The summed E-state index contributed by atoms with van der Waals surface area (Å²) in [5.41, 5.74) is 2.60. The van der Waals surface area contributed by atoms with E-state index in [2.05, 4.69) is 32.9 Å². The molecule has 0 saturated carbocycles. The van der Waals surface area contributed by atoms with Crippen LogP contribution in [0.2, 0.25) is 0 Å². The fourth-order valence-corrected chi connectivity index (χ4v) is 1.80. The molecule has 1 nitrogen and oxygen atoms in total. The van der Waals surface area contributed by atoms with Crippen molar-refractivity contribution in [2.24, 2.45) is 5.92 Å². The summed E-state index contributed by atoms with van der Waals surface area (Å²) in [4.78, 5) is 11.7. The molecule has 0 fully saturated rings. The van der Waals surface area contributed by atoms with Gasteiger partial charge in [0.2, 0.25) is 0 Å². The van der Waals surface area contributed by atoms with E-state index in [0.29, 0.717) is 18.1 Å². The molecule has 0 aliphatic rings. The normalized spacial score (nSPS) is 12.4. The fourth-order valence-electron chi connectivity index (χ4n) is 1.80. The number of Topliss-reactive ketones (excluding diaryl/α,β-unsaturated/α-hetero) is 1. The molecular formula is C15H22O. The lowest BCUT2D eigenvalue weighted by Crippen LogP contribution is -2.06. The molecule has 1 atom stereocenters. The molecule has 0 aromatic heterocycles. The Hall–Kier alpha value is -1.11. The van der Waals surface area contributed by atoms with Gasteiger partial charge in [0, 0.05) is 12.8 Å². The first-order valence-electron chi connectivity index (χ1n) is 6.19. The predicted molar refractivity (Wildman–Crippen MR) is 68.6 cm³/mol. The summed E-state index contributed by atoms with van der Waals surface area (Å²) in [6.07, 6.45) is 3.41. The van der Waals surface area contributed by atoms with Crippen LogP contribution in [0.4, 0.5) is 0 Å². The minimum absolute atomic E-state index is 0.401. The van der Waals surface area contributed by atoms with Crippen LogP contribution >= 0.6 is 0 Å². The van der Waals surface area contributed by atoms with Gasteiger partial charge >= 0.3 is 0 Å². The molecule has 0 aliphatic heterocycles. The van der Waals surface area contributed by atoms with E-state index in [4.69, 9.17) is 0 Å². The molecule has 1 unspecified atom stereocenters. The van der Waals surface area contributed by atoms with Gasteiger partial charge in [0.1, 0.15) is 5.78 Å². The largest absolute Gasteiger partial charge is 0.300 e. The van der Waals surface area contributed by atoms with Crippen molar-refractivity contribution < 1.29 is 4.79 Å². The lowest BCUT2D eigenvalue weighted by molar-refractivity contribution is -0.119. The number of ketones is 1. The SMILES string of the molecule is CCC(C)CC(=O)CCc1ccccc1C. The maximum Gasteiger partial charge on any atom is 0.133 e. The van der Waals surface area contributed by atoms with Crippen molar-refractivity contribution in [2.75, 3.05) is 0 Å². The van der Waals surface area contributed by atoms with Crippen LogP contribution in [0.5, 0.6) is 0 Å². The number of carbonyl (C=O) groups excluding carboxylic acids is 1. The van der Waals surface area contributed by atoms with Crippen molar-refractivity contribution in [3.05, 3.63) is 35.4 Å². The Morgan fingerprint density at radius 3 is 2.62 bits per heavy atom. The van der Waals surface area contributed by atoms with Crippen LogP contribution in [0.25, 0.3) is 0 Å². The van der Waals surface area contributed by atoms with Crippen molar-refractivity contribution in [3.63, 3.8) is 0 Å². The number of hydrogen-bond donors (Lipinski definition) is 0. The maximum atomic E-state index is 11.7. The topological polar surface area (TPSA) is 17.1 Å². The second kappa shape index (κ2) is 6.47. The average Bonchev–Trinajstić information content (AvgIpc) is 2.28. The smallest absolute Gasteiger partial charge is 0.133 e. The van der Waals surface area contributed by atoms with Gasteiger partial charge in [-0.2, -0.15) is 0 Å². The number of benzene rings is 1. The summed E-state index contributed by atoms with van der Waals surface area (Å²) < 4.78 is 0. The Morgan fingerprint density at radius 1 is 1.31 bits per heavy atom. The zero-order valence-electron chi connectivity index (χ0n) is 10.6. The molecule has 1 aromatic carbocycles. The molecule has 88 valence electrons. The molecule has 0 saturated heterocycles. The lowest BCUT2D eigenvalue weighted by Gasteiger charge is -2.08. The number of hydrogen-bond acceptors (Lipinski definition) is 1. The van der Waals surface area contributed by atoms with E-state index in [1.807, 2.05) is 12.1 Å². The van der Waals surface area contributed by atoms with Crippen LogP contribution in [0.15, 0.2) is 24.3 Å². The van der Waals surface area contributed by atoms with Crippen molar-refractivity contribution in [3.8, 4) is 0 Å². The predicted octanol–water partition coefficient (Wildman–Crippen LogP) is 3.93. The summed E-state index contributed by atoms with van der Waals surface area (Å²) >= 11 is 0. The standard InChI is InChI=1S/C15H22O/c1-4-12(2)11-15(16)10-9-14-8-6-5-7-13(14)3/h5-8,12H,4,9-11H2,1-3H3. The highest BCUT2D eigenvalue weighted by atomic mass is 16.1. The summed E-state index contributed by atoms with van der Waals surface area (Å²) in [7, 11) is 0. The molecule has 1 rings (SSSR count). The van der Waals surface area contributed by atoms with Crippen LogP contribution < -0.4 is 0 Å². The number of carbonyl (C=O) groups is 1. The molecule has 0 N–H and O–H groups in total. The van der Waals surface area contributed by atoms with E-state index in [1.165, 1.54) is 11.1 Å². The summed E-state index contributed by atoms with van der Waals surface area (Å²) in [6, 6.07) is 8.31. The van der Waals surface area contributed by atoms with Crippen molar-refractivity contribution in [1.29, 1.82) is 0 Å². The van der Waals surface area contributed by atoms with Crippen LogP contribution in [-0.4, -0.2) is 5.78 Å². The molecule has 0 amide bonds. The third-order valence-corrected chi connectivity index (χ3v) is 3.21. The van der Waals surface area contributed by atoms with E-state index in [0.717, 1.165) is 19.3 Å². The second-order valence-electron chi connectivity index (χ2n) is 4.68. The average molecular weight is 218 g/mol. The van der Waals surface area contributed by atoms with Crippen molar-refractivity contribution >= 4 is 5.78 Å². The maximum absolute atomic E-state index is 11.7. The Balaban J connectivity index is 2.40. The summed E-state index contributed by atoms with van der Waals surface area (Å²) in [5, 5.41) is 0. The van der Waals surface area contributed by atoms with E-state index in [-0.39, 0.29) is 0 Å². The van der Waals surface area contributed by atoms with Gasteiger partial charge in [-0.05, 0) is 30.4 Å². The monoisotopic (exact) mass is 218 g/mol. The molecule has 1 aromatic rings. The Morgan fingerprint density at radius 2 is 2.00 bits per heavy atom. The van der Waals surface area contributed by atoms with Gasteiger partial charge in [0.15, 0.2) is 0 Å². The van der Waals surface area contributed by atoms with Crippen LogP contribution in [-0.2, 0) is 11.2 Å². The van der Waals surface area contributed by atoms with Gasteiger partial charge in [-0.1, -0.05) is 44.5 Å². The molecule has 0 aliphatic carbocycles. The third-order valence-electron chi connectivity index (χ3n) is 3.21. The molecular weight excluding hydrogens is 196 g/mol. The molecule has 1 heteroatoms. The number of rotatable bonds is 6. The van der Waals surface area contributed by atoms with Gasteiger partial charge in [0.05, 0.1) is 0 Å². The molecule has 0 spiro atoms. The molecule has 0 heterocycles. The first-order chi connectivity index (χ1) is 7.63. The first kappa shape index (κ1) is 13.0. The van der Waals surface area contributed by atoms with Crippen LogP contribution in [0.1, 0.15) is 44.2 Å². The highest BCUT2D eigenvalue weighted by Crippen LogP contribution is 2.13. The Bertz CT molecular complexity index is 341. The van der Waals surface area contributed by atoms with E-state index in [1.54, 1.807) is 0 Å². The van der Waals surface area contributed by atoms with E-state index >= 15 is 0 Å². The van der Waals surface area contributed by atoms with Gasteiger partial charge in [-0.3, -0.25) is 4.79 Å². The lowest BCUT2D eigenvalue weighted by atomic mass is 9.97. The summed E-state index contributed by atoms with van der Waals surface area (Å²) in [6.45, 7) is 6.39. The molecule has 16 heavy (non-hydrogen) atoms. The first-order valence-corrected chi connectivity index (χ1v) is 6.19. The van der Waals surface area contributed by atoms with Gasteiger partial charge in [-0.15, -0.1) is 0 Å². The van der Waals surface area contributed by atoms with Crippen LogP contribution in [0, 0.1) is 12.8 Å². The van der Waals surface area contributed by atoms with Gasteiger partial charge in [0.25, 0.3) is 0 Å². The number of aryl methyl sites for hydroxylation is 2. The Labute approximate surface area is 98.9 Å². The van der Waals surface area contributed by atoms with Crippen LogP contribution in [0.3, 0.4) is 0 Å². The van der Waals surface area contributed by atoms with Gasteiger partial charge in [-0.25, -0.2) is 0 Å². The second-order valence-corrected chi connectivity index (χ2v) is 4.68. The minimum Gasteiger partial charge on any atom is -0.300 e. The highest BCUT2D eigenvalue weighted by molar-refractivity contribution is 5.78. The van der Waals surface area contributed by atoms with E-state index in [9.17, 15) is 4.79 Å². The third kappa shape index (κ3) is 4.18. The quantitative estimate of drug-likeness (QED) is 0.707. The van der Waals surface area contributed by atoms with Gasteiger partial charge < -0.3 is 0 Å². The zero-order valence-corrected chi connectivity index (χ0v) is 10.6. The minimum atomic E-state index is 0.401. The Kier molecular flexibility index (Phi) is 5.24. The fraction of sp³-hybridized carbons (Fsp3) is 0.533. The van der Waals surface area contributed by atoms with E-state index < -0.39 is 0 Å². The van der Waals surface area contributed by atoms with Crippen molar-refractivity contribution in [2.45, 2.75) is 46.5 Å².